The molecule has 0 spiro atoms. The van der Waals surface area contributed by atoms with Crippen LogP contribution in [0.15, 0.2) is 22.6 Å². The number of benzene rings is 1. The number of rotatable bonds is 8. The van der Waals surface area contributed by atoms with Crippen LogP contribution in [0.25, 0.3) is 11.0 Å². The first-order chi connectivity index (χ1) is 9.80. The van der Waals surface area contributed by atoms with Crippen LogP contribution in [-0.4, -0.2) is 13.2 Å². The van der Waals surface area contributed by atoms with E-state index < -0.39 is 0 Å². The van der Waals surface area contributed by atoms with Gasteiger partial charge in [0.15, 0.2) is 0 Å². The molecule has 3 nitrogen and oxygen atoms in total. The first kappa shape index (κ1) is 14.9. The van der Waals surface area contributed by atoms with Crippen molar-refractivity contribution in [1.29, 1.82) is 0 Å². The van der Waals surface area contributed by atoms with E-state index in [1.54, 1.807) is 0 Å². The molecule has 1 N–H and O–H groups in total. The molecule has 3 heteroatoms. The first-order valence-electron chi connectivity index (χ1n) is 7.67. The molecule has 1 heterocycles. The Hall–Kier alpha value is -1.48. The molecule has 0 radical (unpaired) electrons. The minimum atomic E-state index is 0.692. The zero-order valence-corrected chi connectivity index (χ0v) is 12.8. The van der Waals surface area contributed by atoms with Gasteiger partial charge in [-0.05, 0) is 44.5 Å². The van der Waals surface area contributed by atoms with Crippen LogP contribution in [0.1, 0.15) is 44.9 Å². The lowest BCUT2D eigenvalue weighted by Gasteiger charge is -2.04. The highest BCUT2D eigenvalue weighted by Gasteiger charge is 2.13. The largest absolute Gasteiger partial charge is 0.494 e. The van der Waals surface area contributed by atoms with Gasteiger partial charge in [-0.2, -0.15) is 0 Å². The molecule has 0 saturated carbocycles. The number of aryl methyl sites for hydroxylation is 1. The van der Waals surface area contributed by atoms with Crippen molar-refractivity contribution in [2.24, 2.45) is 0 Å². The molecule has 0 aliphatic heterocycles. The standard InChI is InChI=1S/C17H25NO2/c1-4-7-14-15-11-13(19-6-3)8-9-16(15)20-17(14)12-18-10-5-2/h8-9,11,18H,4-7,10,12H2,1-3H3. The average molecular weight is 275 g/mol. The number of ether oxygens (including phenoxy) is 1. The highest BCUT2D eigenvalue weighted by atomic mass is 16.5. The number of furan rings is 1. The van der Waals surface area contributed by atoms with Crippen LogP contribution in [0, 0.1) is 0 Å². The summed E-state index contributed by atoms with van der Waals surface area (Å²) in [5, 5.41) is 4.63. The molecule has 0 fully saturated rings. The van der Waals surface area contributed by atoms with E-state index in [0.717, 1.165) is 49.4 Å². The molecular formula is C17H25NO2. The Kier molecular flexibility index (Phi) is 5.48. The van der Waals surface area contributed by atoms with Crippen LogP contribution in [-0.2, 0) is 13.0 Å². The SMILES string of the molecule is CCCNCc1oc2ccc(OCC)cc2c1CCC. The molecule has 0 bridgehead atoms. The molecule has 20 heavy (non-hydrogen) atoms. The minimum absolute atomic E-state index is 0.692. The Labute approximate surface area is 121 Å². The lowest BCUT2D eigenvalue weighted by molar-refractivity contribution is 0.340. The van der Waals surface area contributed by atoms with Crippen LogP contribution < -0.4 is 10.1 Å². The number of hydrogen-bond acceptors (Lipinski definition) is 3. The van der Waals surface area contributed by atoms with Crippen LogP contribution in [0.5, 0.6) is 5.75 Å². The van der Waals surface area contributed by atoms with Gasteiger partial charge in [-0.15, -0.1) is 0 Å². The van der Waals surface area contributed by atoms with Gasteiger partial charge in [0.25, 0.3) is 0 Å². The van der Waals surface area contributed by atoms with Gasteiger partial charge >= 0.3 is 0 Å². The van der Waals surface area contributed by atoms with Crippen molar-refractivity contribution in [1.82, 2.24) is 5.32 Å². The molecule has 0 atom stereocenters. The van der Waals surface area contributed by atoms with E-state index in [2.05, 4.69) is 25.2 Å². The second-order valence-corrected chi connectivity index (χ2v) is 5.02. The average Bonchev–Trinajstić information content (AvgIpc) is 2.78. The third-order valence-corrected chi connectivity index (χ3v) is 3.37. The smallest absolute Gasteiger partial charge is 0.134 e. The van der Waals surface area contributed by atoms with Crippen LogP contribution in [0.4, 0.5) is 0 Å². The predicted octanol–water partition coefficient (Wildman–Crippen LogP) is 4.28. The molecule has 0 aliphatic rings. The van der Waals surface area contributed by atoms with E-state index in [9.17, 15) is 0 Å². The lowest BCUT2D eigenvalue weighted by atomic mass is 10.1. The predicted molar refractivity (Wildman–Crippen MR) is 83.4 cm³/mol. The molecule has 2 aromatic rings. The Morgan fingerprint density at radius 3 is 2.70 bits per heavy atom. The first-order valence-corrected chi connectivity index (χ1v) is 7.67. The quantitative estimate of drug-likeness (QED) is 0.730. The van der Waals surface area contributed by atoms with Gasteiger partial charge in [0.1, 0.15) is 17.1 Å². The van der Waals surface area contributed by atoms with E-state index in [1.807, 2.05) is 19.1 Å². The van der Waals surface area contributed by atoms with Crippen LogP contribution >= 0.6 is 0 Å². The summed E-state index contributed by atoms with van der Waals surface area (Å²) in [7, 11) is 0. The highest BCUT2D eigenvalue weighted by molar-refractivity contribution is 5.83. The molecule has 2 rings (SSSR count). The summed E-state index contributed by atoms with van der Waals surface area (Å²) < 4.78 is 11.6. The monoisotopic (exact) mass is 275 g/mol. The summed E-state index contributed by atoms with van der Waals surface area (Å²) >= 11 is 0. The summed E-state index contributed by atoms with van der Waals surface area (Å²) in [5.74, 6) is 2.00. The number of nitrogens with one attached hydrogen (secondary N) is 1. The topological polar surface area (TPSA) is 34.4 Å². The lowest BCUT2D eigenvalue weighted by Crippen LogP contribution is -2.14. The third kappa shape index (κ3) is 3.34. The van der Waals surface area contributed by atoms with E-state index in [0.29, 0.717) is 6.61 Å². The number of hydrogen-bond donors (Lipinski definition) is 1. The van der Waals surface area contributed by atoms with Crippen LogP contribution in [0.3, 0.4) is 0 Å². The Morgan fingerprint density at radius 1 is 1.15 bits per heavy atom. The fourth-order valence-corrected chi connectivity index (χ4v) is 2.48. The summed E-state index contributed by atoms with van der Waals surface area (Å²) in [4.78, 5) is 0. The van der Waals surface area contributed by atoms with Crippen molar-refractivity contribution in [3.63, 3.8) is 0 Å². The van der Waals surface area contributed by atoms with Crippen molar-refractivity contribution in [3.05, 3.63) is 29.5 Å². The second kappa shape index (κ2) is 7.34. The van der Waals surface area contributed by atoms with E-state index in [4.69, 9.17) is 9.15 Å². The van der Waals surface area contributed by atoms with E-state index >= 15 is 0 Å². The maximum absolute atomic E-state index is 6.01. The summed E-state index contributed by atoms with van der Waals surface area (Å²) in [6.07, 6.45) is 3.30. The van der Waals surface area contributed by atoms with E-state index in [1.165, 1.54) is 10.9 Å². The normalized spacial score (nSPS) is 11.2. The Morgan fingerprint density at radius 2 is 2.00 bits per heavy atom. The third-order valence-electron chi connectivity index (χ3n) is 3.37. The molecule has 1 aromatic carbocycles. The summed E-state index contributed by atoms with van der Waals surface area (Å²) in [5.41, 5.74) is 2.29. The van der Waals surface area contributed by atoms with Crippen molar-refractivity contribution in [2.45, 2.75) is 46.6 Å². The van der Waals surface area contributed by atoms with Crippen molar-refractivity contribution in [3.8, 4) is 5.75 Å². The molecule has 0 amide bonds. The molecule has 0 unspecified atom stereocenters. The van der Waals surface area contributed by atoms with Gasteiger partial charge in [-0.25, -0.2) is 0 Å². The molecule has 0 aliphatic carbocycles. The van der Waals surface area contributed by atoms with Gasteiger partial charge in [0.2, 0.25) is 0 Å². The van der Waals surface area contributed by atoms with Crippen molar-refractivity contribution < 1.29 is 9.15 Å². The van der Waals surface area contributed by atoms with Gasteiger partial charge in [0.05, 0.1) is 13.2 Å². The molecular weight excluding hydrogens is 250 g/mol. The fourth-order valence-electron chi connectivity index (χ4n) is 2.48. The molecule has 0 saturated heterocycles. The molecule has 110 valence electrons. The fraction of sp³-hybridized carbons (Fsp3) is 0.529. The van der Waals surface area contributed by atoms with Gasteiger partial charge in [-0.1, -0.05) is 20.3 Å². The van der Waals surface area contributed by atoms with Crippen LogP contribution in [0.2, 0.25) is 0 Å². The Balaban J connectivity index is 2.33. The maximum atomic E-state index is 6.01. The zero-order valence-electron chi connectivity index (χ0n) is 12.8. The minimum Gasteiger partial charge on any atom is -0.494 e. The molecule has 1 aromatic heterocycles. The number of fused-ring (bicyclic) bond motifs is 1. The maximum Gasteiger partial charge on any atom is 0.134 e. The Bertz CT molecular complexity index is 545. The summed E-state index contributed by atoms with van der Waals surface area (Å²) in [6.45, 7) is 8.90. The van der Waals surface area contributed by atoms with Gasteiger partial charge < -0.3 is 14.5 Å². The van der Waals surface area contributed by atoms with Crippen molar-refractivity contribution in [2.75, 3.05) is 13.2 Å². The van der Waals surface area contributed by atoms with Gasteiger partial charge in [-0.3, -0.25) is 0 Å². The second-order valence-electron chi connectivity index (χ2n) is 5.02. The zero-order chi connectivity index (χ0) is 14.4. The highest BCUT2D eigenvalue weighted by Crippen LogP contribution is 2.30. The van der Waals surface area contributed by atoms with Crippen molar-refractivity contribution >= 4 is 11.0 Å². The van der Waals surface area contributed by atoms with Gasteiger partial charge in [0, 0.05) is 10.9 Å². The summed E-state index contributed by atoms with van der Waals surface area (Å²) in [6, 6.07) is 6.10. The van der Waals surface area contributed by atoms with E-state index in [-0.39, 0.29) is 0 Å².